The molecule has 0 saturated carbocycles. The van der Waals surface area contributed by atoms with Crippen LogP contribution in [0.2, 0.25) is 0 Å². The van der Waals surface area contributed by atoms with E-state index in [2.05, 4.69) is 30.9 Å². The van der Waals surface area contributed by atoms with Crippen LogP contribution in [0.15, 0.2) is 16.9 Å². The third kappa shape index (κ3) is 3.11. The van der Waals surface area contributed by atoms with Crippen LogP contribution in [-0.4, -0.2) is 26.7 Å². The number of nitrogens with two attached hydrogens (primary N) is 1. The smallest absolute Gasteiger partial charge is 0.223 e. The topological polar surface area (TPSA) is 115 Å². The molecule has 0 aliphatic rings. The molecule has 4 N–H and O–H groups in total. The van der Waals surface area contributed by atoms with Crippen LogP contribution < -0.4 is 16.6 Å². The fourth-order valence-electron chi connectivity index (χ4n) is 1.27. The summed E-state index contributed by atoms with van der Waals surface area (Å²) in [7, 11) is 0. The molecule has 2 heterocycles. The lowest BCUT2D eigenvalue weighted by atomic mass is 10.4. The van der Waals surface area contributed by atoms with E-state index in [1.165, 1.54) is 6.20 Å². The average molecular weight is 235 g/mol. The number of anilines is 2. The third-order valence-corrected chi connectivity index (χ3v) is 2.01. The predicted molar refractivity (Wildman–Crippen MR) is 61.1 cm³/mol. The quantitative estimate of drug-likeness (QED) is 0.494. The summed E-state index contributed by atoms with van der Waals surface area (Å²) in [5.41, 5.74) is 2.43. The van der Waals surface area contributed by atoms with Gasteiger partial charge in [0.1, 0.15) is 5.82 Å². The van der Waals surface area contributed by atoms with E-state index in [1.807, 2.05) is 0 Å². The molecule has 0 fully saturated rings. The maximum absolute atomic E-state index is 5.23. The molecule has 0 unspecified atom stereocenters. The van der Waals surface area contributed by atoms with Crippen molar-refractivity contribution in [3.05, 3.63) is 24.1 Å². The first kappa shape index (κ1) is 11.3. The zero-order chi connectivity index (χ0) is 12.1. The monoisotopic (exact) mass is 235 g/mol. The van der Waals surface area contributed by atoms with Crippen molar-refractivity contribution in [3.63, 3.8) is 0 Å². The molecule has 17 heavy (non-hydrogen) atoms. The Morgan fingerprint density at radius 2 is 2.12 bits per heavy atom. The Morgan fingerprint density at radius 3 is 2.82 bits per heavy atom. The Kier molecular flexibility index (Phi) is 3.46. The Hall–Kier alpha value is -2.22. The van der Waals surface area contributed by atoms with Crippen LogP contribution in [0.1, 0.15) is 11.7 Å². The SMILES string of the molecule is Cc1nc(CCNc2cncc(NN)n2)no1. The molecule has 2 aromatic rings. The second kappa shape index (κ2) is 5.21. The molecule has 90 valence electrons. The minimum atomic E-state index is 0.505. The van der Waals surface area contributed by atoms with Gasteiger partial charge in [0.2, 0.25) is 5.89 Å². The molecule has 8 heteroatoms. The highest BCUT2D eigenvalue weighted by atomic mass is 16.5. The average Bonchev–Trinajstić information content (AvgIpc) is 2.75. The minimum absolute atomic E-state index is 0.505. The van der Waals surface area contributed by atoms with Gasteiger partial charge in [0, 0.05) is 19.9 Å². The molecule has 2 aromatic heterocycles. The zero-order valence-electron chi connectivity index (χ0n) is 9.34. The molecule has 0 atom stereocenters. The van der Waals surface area contributed by atoms with Crippen LogP contribution >= 0.6 is 0 Å². The van der Waals surface area contributed by atoms with E-state index in [4.69, 9.17) is 10.4 Å². The summed E-state index contributed by atoms with van der Waals surface area (Å²) in [5.74, 6) is 7.60. The highest BCUT2D eigenvalue weighted by molar-refractivity contribution is 5.40. The number of nitrogen functional groups attached to an aromatic ring is 1. The second-order valence-corrected chi connectivity index (χ2v) is 3.34. The van der Waals surface area contributed by atoms with Gasteiger partial charge in [-0.05, 0) is 0 Å². The van der Waals surface area contributed by atoms with Gasteiger partial charge in [0.05, 0.1) is 12.4 Å². The van der Waals surface area contributed by atoms with Gasteiger partial charge in [-0.2, -0.15) is 4.98 Å². The second-order valence-electron chi connectivity index (χ2n) is 3.34. The first-order valence-corrected chi connectivity index (χ1v) is 5.09. The Balaban J connectivity index is 1.85. The molecule has 0 bridgehead atoms. The molecule has 8 nitrogen and oxygen atoms in total. The third-order valence-electron chi connectivity index (χ3n) is 2.01. The number of nitrogens with zero attached hydrogens (tertiary/aromatic N) is 4. The summed E-state index contributed by atoms with van der Waals surface area (Å²) in [6.07, 6.45) is 3.80. The molecular formula is C9H13N7O. The van der Waals surface area contributed by atoms with Gasteiger partial charge in [0.25, 0.3) is 0 Å². The van der Waals surface area contributed by atoms with Crippen molar-refractivity contribution >= 4 is 11.6 Å². The summed E-state index contributed by atoms with van der Waals surface area (Å²) in [6.45, 7) is 2.40. The molecular weight excluding hydrogens is 222 g/mol. The van der Waals surface area contributed by atoms with E-state index in [-0.39, 0.29) is 0 Å². The number of hydrogen-bond acceptors (Lipinski definition) is 8. The first-order valence-electron chi connectivity index (χ1n) is 5.09. The number of hydrazine groups is 1. The van der Waals surface area contributed by atoms with Crippen LogP contribution in [-0.2, 0) is 6.42 Å². The summed E-state index contributed by atoms with van der Waals surface area (Å²) in [5, 5.41) is 6.87. The van der Waals surface area contributed by atoms with E-state index in [1.54, 1.807) is 13.1 Å². The normalized spacial score (nSPS) is 10.2. The van der Waals surface area contributed by atoms with Gasteiger partial charge in [-0.25, -0.2) is 10.8 Å². The largest absolute Gasteiger partial charge is 0.368 e. The van der Waals surface area contributed by atoms with Crippen molar-refractivity contribution in [2.24, 2.45) is 5.84 Å². The summed E-state index contributed by atoms with van der Waals surface area (Å²) in [4.78, 5) is 12.2. The summed E-state index contributed by atoms with van der Waals surface area (Å²) < 4.78 is 4.86. The van der Waals surface area contributed by atoms with Gasteiger partial charge in [-0.15, -0.1) is 0 Å². The number of rotatable bonds is 5. The highest BCUT2D eigenvalue weighted by Gasteiger charge is 2.02. The van der Waals surface area contributed by atoms with Crippen LogP contribution in [0.5, 0.6) is 0 Å². The molecule has 0 radical (unpaired) electrons. The summed E-state index contributed by atoms with van der Waals surface area (Å²) in [6, 6.07) is 0. The van der Waals surface area contributed by atoms with Gasteiger partial charge < -0.3 is 15.3 Å². The number of hydrogen-bond donors (Lipinski definition) is 3. The molecule has 0 aromatic carbocycles. The Morgan fingerprint density at radius 1 is 1.29 bits per heavy atom. The van der Waals surface area contributed by atoms with Crippen LogP contribution in [0.25, 0.3) is 0 Å². The number of aryl methyl sites for hydroxylation is 1. The fraction of sp³-hybridized carbons (Fsp3) is 0.333. The van der Waals surface area contributed by atoms with Crippen LogP contribution in [0.3, 0.4) is 0 Å². The number of nitrogens with one attached hydrogen (secondary N) is 2. The zero-order valence-corrected chi connectivity index (χ0v) is 9.34. The lowest BCUT2D eigenvalue weighted by molar-refractivity contribution is 0.387. The standard InChI is InChI=1S/C9H13N7O/c1-6-13-7(16-17-6)2-3-12-8-4-11-5-9(14-8)15-10/h4-5H,2-3,10H2,1H3,(H2,12,14,15). The Bertz CT molecular complexity index is 484. The van der Waals surface area contributed by atoms with Gasteiger partial charge in [0.15, 0.2) is 11.6 Å². The first-order chi connectivity index (χ1) is 8.28. The lowest BCUT2D eigenvalue weighted by Crippen LogP contribution is -2.12. The molecule has 2 rings (SSSR count). The van der Waals surface area contributed by atoms with E-state index in [9.17, 15) is 0 Å². The minimum Gasteiger partial charge on any atom is -0.368 e. The predicted octanol–water partition coefficient (Wildman–Crippen LogP) is 0.108. The van der Waals surface area contributed by atoms with Crippen molar-refractivity contribution in [2.75, 3.05) is 17.3 Å². The van der Waals surface area contributed by atoms with Crippen molar-refractivity contribution in [3.8, 4) is 0 Å². The van der Waals surface area contributed by atoms with E-state index in [0.29, 0.717) is 36.3 Å². The maximum Gasteiger partial charge on any atom is 0.223 e. The van der Waals surface area contributed by atoms with E-state index >= 15 is 0 Å². The molecule has 0 amide bonds. The lowest BCUT2D eigenvalue weighted by Gasteiger charge is -2.04. The molecule has 0 saturated heterocycles. The van der Waals surface area contributed by atoms with Gasteiger partial charge in [-0.1, -0.05) is 5.16 Å². The van der Waals surface area contributed by atoms with E-state index < -0.39 is 0 Å². The Labute approximate surface area is 97.6 Å². The van der Waals surface area contributed by atoms with Crippen molar-refractivity contribution in [1.82, 2.24) is 20.1 Å². The van der Waals surface area contributed by atoms with Crippen molar-refractivity contribution in [2.45, 2.75) is 13.3 Å². The molecule has 0 aliphatic carbocycles. The van der Waals surface area contributed by atoms with E-state index in [0.717, 1.165) is 0 Å². The number of aromatic nitrogens is 4. The maximum atomic E-state index is 5.23. The molecule has 0 spiro atoms. The van der Waals surface area contributed by atoms with Crippen LogP contribution in [0.4, 0.5) is 11.6 Å². The van der Waals surface area contributed by atoms with Gasteiger partial charge >= 0.3 is 0 Å². The van der Waals surface area contributed by atoms with Crippen molar-refractivity contribution < 1.29 is 4.52 Å². The van der Waals surface area contributed by atoms with Crippen LogP contribution in [0, 0.1) is 6.92 Å². The van der Waals surface area contributed by atoms with Gasteiger partial charge in [-0.3, -0.25) is 4.98 Å². The highest BCUT2D eigenvalue weighted by Crippen LogP contribution is 2.05. The fourth-order valence-corrected chi connectivity index (χ4v) is 1.27. The molecule has 0 aliphatic heterocycles. The van der Waals surface area contributed by atoms with Crippen molar-refractivity contribution in [1.29, 1.82) is 0 Å². The summed E-state index contributed by atoms with van der Waals surface area (Å²) >= 11 is 0.